The molecule has 9 heavy (non-hydrogen) atoms. The summed E-state index contributed by atoms with van der Waals surface area (Å²) < 4.78 is 8.92. The normalized spacial score (nSPS) is 12.7. The van der Waals surface area contributed by atoms with Gasteiger partial charge >= 0.3 is 5.97 Å². The van der Waals surface area contributed by atoms with Crippen molar-refractivity contribution in [3.63, 3.8) is 0 Å². The molecule has 0 aliphatic rings. The Morgan fingerprint density at radius 2 is 2.22 bits per heavy atom. The van der Waals surface area contributed by atoms with E-state index in [1.807, 2.05) is 0 Å². The zero-order valence-electron chi connectivity index (χ0n) is 5.59. The first-order valence-electron chi connectivity index (χ1n) is 2.54. The molecule has 0 saturated heterocycles. The highest BCUT2D eigenvalue weighted by atomic mass is 16.5. The van der Waals surface area contributed by atoms with Crippen LogP contribution in [0.5, 0.6) is 0 Å². The van der Waals surface area contributed by atoms with Crippen LogP contribution in [0.15, 0.2) is 0 Å². The van der Waals surface area contributed by atoms with Crippen molar-refractivity contribution in [3.05, 3.63) is 0 Å². The second-order valence-corrected chi connectivity index (χ2v) is 1.58. The van der Waals surface area contributed by atoms with E-state index in [9.17, 15) is 4.79 Å². The fourth-order valence-corrected chi connectivity index (χ4v) is 0.399. The molecule has 0 aliphatic heterocycles. The van der Waals surface area contributed by atoms with Gasteiger partial charge in [0.25, 0.3) is 0 Å². The number of hydrogen-bond donors (Lipinski definition) is 0. The van der Waals surface area contributed by atoms with Crippen molar-refractivity contribution in [1.29, 1.82) is 0 Å². The minimum atomic E-state index is -0.653. The third-order valence-corrected chi connectivity index (χ3v) is 0.850. The predicted molar refractivity (Wildman–Crippen MR) is 33.4 cm³/mol. The Bertz CT molecular complexity index is 94.2. The predicted octanol–water partition coefficient (Wildman–Crippen LogP) is -0.237. The van der Waals surface area contributed by atoms with Gasteiger partial charge in [0.05, 0.1) is 21.6 Å². The van der Waals surface area contributed by atoms with Crippen molar-refractivity contribution in [2.45, 2.75) is 5.82 Å². The van der Waals surface area contributed by atoms with Crippen molar-refractivity contribution in [3.8, 4) is 0 Å². The minimum absolute atomic E-state index is 0.201. The Morgan fingerprint density at radius 1 is 1.67 bits per heavy atom. The SMILES string of the molecule is [B]C(COC)C(=O)OC. The van der Waals surface area contributed by atoms with Crippen LogP contribution in [0.4, 0.5) is 0 Å². The Hall–Kier alpha value is -0.505. The molecule has 0 N–H and O–H groups in total. The molecule has 0 aromatic rings. The molecular formula is C5H9BO3. The van der Waals surface area contributed by atoms with E-state index in [2.05, 4.69) is 9.47 Å². The summed E-state index contributed by atoms with van der Waals surface area (Å²) in [7, 11) is 8.00. The summed E-state index contributed by atoms with van der Waals surface area (Å²) in [6.07, 6.45) is 0. The fraction of sp³-hybridized carbons (Fsp3) is 0.800. The lowest BCUT2D eigenvalue weighted by molar-refractivity contribution is -0.141. The number of carbonyl (C=O) groups excluding carboxylic acids is 1. The van der Waals surface area contributed by atoms with Gasteiger partial charge in [0.2, 0.25) is 0 Å². The topological polar surface area (TPSA) is 35.5 Å². The van der Waals surface area contributed by atoms with Crippen LogP contribution in [0.2, 0.25) is 5.82 Å². The third kappa shape index (κ3) is 3.14. The second kappa shape index (κ2) is 4.38. The van der Waals surface area contributed by atoms with Gasteiger partial charge in [0.15, 0.2) is 0 Å². The van der Waals surface area contributed by atoms with E-state index < -0.39 is 11.8 Å². The standard InChI is InChI=1S/C5H9BO3/c1-8-3-4(6)5(7)9-2/h4H,3H2,1-2H3. The molecule has 0 amide bonds. The van der Waals surface area contributed by atoms with E-state index in [1.54, 1.807) is 0 Å². The third-order valence-electron chi connectivity index (χ3n) is 0.850. The number of methoxy groups -OCH3 is 2. The molecule has 0 bridgehead atoms. The summed E-state index contributed by atoms with van der Waals surface area (Å²) in [4.78, 5) is 10.5. The molecule has 0 saturated carbocycles. The van der Waals surface area contributed by atoms with Gasteiger partial charge in [-0.05, 0) is 0 Å². The van der Waals surface area contributed by atoms with Crippen molar-refractivity contribution >= 4 is 13.8 Å². The lowest BCUT2D eigenvalue weighted by atomic mass is 9.89. The van der Waals surface area contributed by atoms with Gasteiger partial charge < -0.3 is 9.47 Å². The Kier molecular flexibility index (Phi) is 4.14. The van der Waals surface area contributed by atoms with E-state index in [0.717, 1.165) is 0 Å². The highest BCUT2D eigenvalue weighted by molar-refractivity contribution is 6.22. The number of esters is 1. The van der Waals surface area contributed by atoms with E-state index in [1.165, 1.54) is 14.2 Å². The summed E-state index contributed by atoms with van der Waals surface area (Å²) in [6.45, 7) is 0.201. The van der Waals surface area contributed by atoms with Crippen LogP contribution in [0.1, 0.15) is 0 Å². The highest BCUT2D eigenvalue weighted by Crippen LogP contribution is 1.99. The Balaban J connectivity index is 3.45. The largest absolute Gasteiger partial charge is 0.469 e. The summed E-state index contributed by atoms with van der Waals surface area (Å²) in [5, 5.41) is 0. The average Bonchev–Trinajstić information content (AvgIpc) is 1.87. The van der Waals surface area contributed by atoms with E-state index in [4.69, 9.17) is 7.85 Å². The van der Waals surface area contributed by atoms with Gasteiger partial charge in [-0.2, -0.15) is 0 Å². The minimum Gasteiger partial charge on any atom is -0.469 e. The van der Waals surface area contributed by atoms with Crippen LogP contribution in [0, 0.1) is 0 Å². The fourth-order valence-electron chi connectivity index (χ4n) is 0.399. The van der Waals surface area contributed by atoms with Crippen LogP contribution >= 0.6 is 0 Å². The monoisotopic (exact) mass is 128 g/mol. The molecule has 2 radical (unpaired) electrons. The molecule has 1 atom stereocenters. The average molecular weight is 128 g/mol. The first-order valence-corrected chi connectivity index (χ1v) is 2.54. The summed E-state index contributed by atoms with van der Waals surface area (Å²) in [6, 6.07) is 0. The second-order valence-electron chi connectivity index (χ2n) is 1.58. The lowest BCUT2D eigenvalue weighted by Gasteiger charge is -2.05. The number of rotatable bonds is 3. The quantitative estimate of drug-likeness (QED) is 0.388. The van der Waals surface area contributed by atoms with Gasteiger partial charge in [-0.25, -0.2) is 0 Å². The molecule has 1 unspecified atom stereocenters. The van der Waals surface area contributed by atoms with Gasteiger partial charge in [-0.1, -0.05) is 0 Å². The molecule has 0 aliphatic carbocycles. The van der Waals surface area contributed by atoms with E-state index >= 15 is 0 Å². The molecule has 4 heteroatoms. The maximum absolute atomic E-state index is 10.5. The molecule has 50 valence electrons. The summed E-state index contributed by atoms with van der Waals surface area (Å²) >= 11 is 0. The van der Waals surface area contributed by atoms with Crippen molar-refractivity contribution in [2.24, 2.45) is 0 Å². The summed E-state index contributed by atoms with van der Waals surface area (Å²) in [5.74, 6) is -1.10. The van der Waals surface area contributed by atoms with Crippen molar-refractivity contribution < 1.29 is 14.3 Å². The molecule has 3 nitrogen and oxygen atoms in total. The number of carbonyl (C=O) groups is 1. The number of hydrogen-bond acceptors (Lipinski definition) is 3. The van der Waals surface area contributed by atoms with Gasteiger partial charge in [-0.3, -0.25) is 4.79 Å². The first kappa shape index (κ1) is 8.49. The van der Waals surface area contributed by atoms with Crippen molar-refractivity contribution in [1.82, 2.24) is 0 Å². The Morgan fingerprint density at radius 3 is 2.56 bits per heavy atom. The smallest absolute Gasteiger partial charge is 0.302 e. The first-order chi connectivity index (χ1) is 4.22. The van der Waals surface area contributed by atoms with Crippen LogP contribution in [0.3, 0.4) is 0 Å². The molecule has 0 fully saturated rings. The lowest BCUT2D eigenvalue weighted by Crippen LogP contribution is -2.14. The molecule has 0 aromatic carbocycles. The van der Waals surface area contributed by atoms with Gasteiger partial charge in [0.1, 0.15) is 0 Å². The van der Waals surface area contributed by atoms with Crippen LogP contribution < -0.4 is 0 Å². The molecule has 0 spiro atoms. The highest BCUT2D eigenvalue weighted by Gasteiger charge is 2.10. The van der Waals surface area contributed by atoms with E-state index in [-0.39, 0.29) is 6.61 Å². The van der Waals surface area contributed by atoms with Crippen LogP contribution in [-0.4, -0.2) is 34.6 Å². The van der Waals surface area contributed by atoms with Crippen molar-refractivity contribution in [2.75, 3.05) is 20.8 Å². The number of ether oxygens (including phenoxy) is 2. The van der Waals surface area contributed by atoms with Gasteiger partial charge in [-0.15, -0.1) is 0 Å². The summed E-state index contributed by atoms with van der Waals surface area (Å²) in [5.41, 5.74) is 0. The van der Waals surface area contributed by atoms with E-state index in [0.29, 0.717) is 0 Å². The molecule has 0 heterocycles. The molecule has 0 aromatic heterocycles. The van der Waals surface area contributed by atoms with Gasteiger partial charge in [0, 0.05) is 12.9 Å². The molecule has 0 rings (SSSR count). The Labute approximate surface area is 55.7 Å². The van der Waals surface area contributed by atoms with Crippen LogP contribution in [-0.2, 0) is 14.3 Å². The maximum Gasteiger partial charge on any atom is 0.302 e. The maximum atomic E-state index is 10.5. The molecular weight excluding hydrogens is 119 g/mol. The zero-order valence-corrected chi connectivity index (χ0v) is 5.59. The zero-order chi connectivity index (χ0) is 7.28. The van der Waals surface area contributed by atoms with Crippen LogP contribution in [0.25, 0.3) is 0 Å².